The van der Waals surface area contributed by atoms with Gasteiger partial charge in [0.15, 0.2) is 5.69 Å². The van der Waals surface area contributed by atoms with Gasteiger partial charge in [-0.15, -0.1) is 0 Å². The summed E-state index contributed by atoms with van der Waals surface area (Å²) < 4.78 is 32.7. The molecule has 2 aromatic heterocycles. The highest BCUT2D eigenvalue weighted by Crippen LogP contribution is 2.33. The first-order valence-electron chi connectivity index (χ1n) is 24.7. The highest BCUT2D eigenvalue weighted by atomic mass is 19.1. The van der Waals surface area contributed by atoms with Crippen LogP contribution in [0.5, 0.6) is 0 Å². The molecule has 0 aliphatic heterocycles. The lowest BCUT2D eigenvalue weighted by Crippen LogP contribution is -2.25. The van der Waals surface area contributed by atoms with Gasteiger partial charge in [0.05, 0.1) is 52.8 Å². The number of aromatic nitrogens is 4. The van der Waals surface area contributed by atoms with E-state index in [0.29, 0.717) is 45.8 Å². The average Bonchev–Trinajstić information content (AvgIpc) is 4.39. The Hall–Kier alpha value is -8.70. The Morgan fingerprint density at radius 3 is 1.53 bits per heavy atom. The van der Waals surface area contributed by atoms with Crippen LogP contribution in [-0.4, -0.2) is 55.6 Å². The fourth-order valence-corrected chi connectivity index (χ4v) is 8.63. The van der Waals surface area contributed by atoms with E-state index in [2.05, 4.69) is 47.0 Å². The summed E-state index contributed by atoms with van der Waals surface area (Å²) in [4.78, 5) is 34.6. The zero-order valence-electron chi connectivity index (χ0n) is 41.9. The van der Waals surface area contributed by atoms with Gasteiger partial charge in [-0.2, -0.15) is 16.1 Å². The number of hydrogen-bond acceptors (Lipinski definition) is 11. The number of anilines is 2. The van der Waals surface area contributed by atoms with Crippen molar-refractivity contribution in [2.75, 3.05) is 23.7 Å². The summed E-state index contributed by atoms with van der Waals surface area (Å²) in [7, 11) is 0. The van der Waals surface area contributed by atoms with E-state index in [-0.39, 0.29) is 40.7 Å². The molecule has 18 heteroatoms. The van der Waals surface area contributed by atoms with Crippen molar-refractivity contribution in [2.45, 2.75) is 51.6 Å². The Labute approximate surface area is 439 Å². The van der Waals surface area contributed by atoms with E-state index in [9.17, 15) is 18.4 Å². The van der Waals surface area contributed by atoms with Gasteiger partial charge in [-0.3, -0.25) is 15.0 Å². The normalized spacial score (nSPS) is 13.4. The van der Waals surface area contributed by atoms with E-state index in [4.69, 9.17) is 23.1 Å². The summed E-state index contributed by atoms with van der Waals surface area (Å²) in [6.07, 6.45) is 4.89. The summed E-state index contributed by atoms with van der Waals surface area (Å²) in [6.45, 7) is 12.6. The van der Waals surface area contributed by atoms with E-state index >= 15 is 0 Å². The van der Waals surface area contributed by atoms with Crippen molar-refractivity contribution < 1.29 is 28.4 Å². The monoisotopic (exact) mass is 1020 g/mol. The second-order valence-electron chi connectivity index (χ2n) is 18.6. The van der Waals surface area contributed by atoms with Gasteiger partial charge < -0.3 is 31.3 Å². The highest BCUT2D eigenvalue weighted by molar-refractivity contribution is 6.04. The summed E-state index contributed by atoms with van der Waals surface area (Å²) in [5.41, 5.74) is 7.75. The molecule has 0 spiro atoms. The van der Waals surface area contributed by atoms with Crippen LogP contribution in [0, 0.1) is 49.3 Å². The summed E-state index contributed by atoms with van der Waals surface area (Å²) in [5.74, 6) is 7.72. The Morgan fingerprint density at radius 2 is 1.09 bits per heavy atom. The predicted molar refractivity (Wildman–Crippen MR) is 288 cm³/mol. The molecule has 10 N–H and O–H groups in total. The molecular weight excluding hydrogens is 967 g/mol. The molecule has 0 radical (unpaired) electrons. The van der Waals surface area contributed by atoms with E-state index < -0.39 is 23.4 Å². The van der Waals surface area contributed by atoms with Crippen molar-refractivity contribution in [1.82, 2.24) is 30.2 Å². The fourth-order valence-electron chi connectivity index (χ4n) is 8.63. The van der Waals surface area contributed by atoms with Gasteiger partial charge in [0.2, 0.25) is 5.90 Å². The van der Waals surface area contributed by atoms with Crippen LogP contribution in [0.4, 0.5) is 25.8 Å². The molecule has 2 fully saturated rings. The molecule has 0 saturated heterocycles. The molecule has 0 bridgehead atoms. The van der Waals surface area contributed by atoms with Crippen LogP contribution in [0.2, 0.25) is 0 Å². The summed E-state index contributed by atoms with van der Waals surface area (Å²) in [5, 5.41) is 35.9. The number of nitrogens with two attached hydrogens (primary N) is 2. The second-order valence-corrected chi connectivity index (χ2v) is 18.6. The third kappa shape index (κ3) is 13.5. The number of nitrogens with zero attached hydrogens (tertiary/aromatic N) is 5. The van der Waals surface area contributed by atoms with E-state index in [1.54, 1.807) is 98.8 Å². The number of halogens is 2. The molecule has 2 amide bonds. The maximum atomic E-state index is 14.9. The molecule has 2 aliphatic rings. The zero-order chi connectivity index (χ0) is 53.7. The van der Waals surface area contributed by atoms with Gasteiger partial charge >= 0.3 is 0 Å². The third-order valence-electron chi connectivity index (χ3n) is 12.8. The van der Waals surface area contributed by atoms with Gasteiger partial charge in [0, 0.05) is 5.56 Å². The molecule has 8 aromatic rings. The molecule has 2 saturated carbocycles. The van der Waals surface area contributed by atoms with Crippen molar-refractivity contribution in [2.24, 2.45) is 23.6 Å². The first-order chi connectivity index (χ1) is 36.9. The number of carbonyl (C=O) groups is 2. The zero-order valence-corrected chi connectivity index (χ0v) is 41.9. The maximum Gasteiger partial charge on any atom is 0.274 e. The first-order valence-corrected chi connectivity index (χ1v) is 24.7. The molecule has 2 heterocycles. The minimum Gasteiger partial charge on any atom is -0.391 e. The van der Waals surface area contributed by atoms with Crippen LogP contribution >= 0.6 is 0 Å². The quantitative estimate of drug-likeness (QED) is 0.0186. The van der Waals surface area contributed by atoms with E-state index in [1.807, 2.05) is 60.7 Å². The minimum absolute atomic E-state index is 0.0825. The lowest BCUT2D eigenvalue weighted by Gasteiger charge is -2.21. The van der Waals surface area contributed by atoms with Crippen LogP contribution in [0.25, 0.3) is 16.2 Å². The van der Waals surface area contributed by atoms with E-state index in [1.165, 1.54) is 47.2 Å². The molecule has 2 unspecified atom stereocenters. The highest BCUT2D eigenvalue weighted by Gasteiger charge is 2.27. The Kier molecular flexibility index (Phi) is 17.6. The van der Waals surface area contributed by atoms with Crippen LogP contribution in [0.3, 0.4) is 0 Å². The molecule has 76 heavy (non-hydrogen) atoms. The Bertz CT molecular complexity index is 3350. The molecule has 2 aliphatic carbocycles. The lowest BCUT2D eigenvalue weighted by molar-refractivity contribution is 0.101. The lowest BCUT2D eigenvalue weighted by atomic mass is 9.97. The maximum absolute atomic E-state index is 14.9. The average molecular weight is 1030 g/mol. The molecule has 16 nitrogen and oxygen atoms in total. The smallest absolute Gasteiger partial charge is 0.274 e. The van der Waals surface area contributed by atoms with Gasteiger partial charge in [-0.25, -0.2) is 28.9 Å². The van der Waals surface area contributed by atoms with Crippen LogP contribution in [0.1, 0.15) is 97.9 Å². The number of amides is 2. The van der Waals surface area contributed by atoms with Gasteiger partial charge in [0.1, 0.15) is 23.0 Å². The number of carbonyl (C=O) groups excluding carboxylic acids is 2. The third-order valence-corrected chi connectivity index (χ3v) is 12.8. The SMILES string of the molecule is Cc1cc(C(=O)Nc2cc(C(NCC3CC3)c3ccccc3)ccc2F)n(-c2cccc(C(=N)ON)c2)n1.NO.[C-]#[N+]c1cccc(-n2nc(C)cc2C(=O)Nc2cc(C(NCC3CC3)c3ccccc3)ccc2F)c1. The first kappa shape index (κ1) is 53.6. The van der Waals surface area contributed by atoms with Crippen LogP contribution in [-0.2, 0) is 4.84 Å². The fraction of sp³-hybridized carbons (Fsp3) is 0.207. The number of benzene rings is 6. The minimum atomic E-state index is -0.533. The summed E-state index contributed by atoms with van der Waals surface area (Å²) in [6, 6.07) is 46.3. The molecular formula is C58H58F2N12O4. The molecule has 10 rings (SSSR count). The Morgan fingerprint density at radius 1 is 0.645 bits per heavy atom. The molecule has 2 atom stereocenters. The second kappa shape index (κ2) is 25.0. The van der Waals surface area contributed by atoms with Crippen molar-refractivity contribution in [3.63, 3.8) is 0 Å². The van der Waals surface area contributed by atoms with Crippen molar-refractivity contribution >= 4 is 34.8 Å². The van der Waals surface area contributed by atoms with Gasteiger partial charge in [0.25, 0.3) is 11.8 Å². The number of aryl methyl sites for hydroxylation is 2. The Balaban J connectivity index is 0.000000195. The van der Waals surface area contributed by atoms with Gasteiger partial charge in [-0.1, -0.05) is 91.0 Å². The molecule has 388 valence electrons. The molecule has 6 aromatic carbocycles. The predicted octanol–water partition coefficient (Wildman–Crippen LogP) is 10.4. The van der Waals surface area contributed by atoms with Crippen molar-refractivity contribution in [3.8, 4) is 11.4 Å². The van der Waals surface area contributed by atoms with Crippen LogP contribution < -0.4 is 33.1 Å². The van der Waals surface area contributed by atoms with E-state index in [0.717, 1.165) is 35.3 Å². The number of hydrogen-bond donors (Lipinski definition) is 8. The van der Waals surface area contributed by atoms with Crippen LogP contribution in [0.15, 0.2) is 158 Å². The van der Waals surface area contributed by atoms with Gasteiger partial charge in [-0.05, 0) is 153 Å². The largest absolute Gasteiger partial charge is 0.391 e. The van der Waals surface area contributed by atoms with Crippen molar-refractivity contribution in [1.29, 1.82) is 5.41 Å². The topological polar surface area (TPSA) is 228 Å². The number of rotatable bonds is 17. The van der Waals surface area contributed by atoms with Crippen molar-refractivity contribution in [3.05, 3.63) is 231 Å². The standard InChI is InChI=1S/C29H29FN6O2.C29H26FN5O.H3NO/c1-18-14-26(36(35-18)23-9-5-8-22(15-23)28(31)38-32)29(37)34-25-16-21(12-13-24(25)30)27(33-17-19-10-11-19)20-6-3-2-4-7-20;1-19-15-27(35(34-19)24-10-6-9-23(17-24)31-2)29(36)33-26-16-22(13-14-25(26)30)28(32-18-20-11-12-20)21-7-4-3-5-8-21;1-2/h2-9,12-16,19,27,31,33H,10-11,17,32H2,1H3,(H,34,37);3-10,13-17,20,28,32H,11-12,18H2,1H3,(H,33,36);2H,1H2. The summed E-state index contributed by atoms with van der Waals surface area (Å²) >= 11 is 0. The number of nitrogens with one attached hydrogen (secondary N) is 5.